The van der Waals surface area contributed by atoms with Crippen molar-refractivity contribution >= 4 is 5.91 Å². The van der Waals surface area contributed by atoms with Crippen molar-refractivity contribution in [3.63, 3.8) is 0 Å². The zero-order chi connectivity index (χ0) is 14.7. The highest BCUT2D eigenvalue weighted by atomic mass is 16.5. The predicted molar refractivity (Wildman–Crippen MR) is 82.4 cm³/mol. The molecule has 1 saturated carbocycles. The predicted octanol–water partition coefficient (Wildman–Crippen LogP) is 2.03. The highest BCUT2D eigenvalue weighted by molar-refractivity contribution is 5.81. The Hall–Kier alpha value is -1.55. The van der Waals surface area contributed by atoms with Gasteiger partial charge in [0.05, 0.1) is 6.04 Å². The fraction of sp³-hybridized carbons (Fsp3) is 0.588. The third kappa shape index (κ3) is 3.56. The first-order valence-electron chi connectivity index (χ1n) is 8.00. The molecule has 0 saturated heterocycles. The lowest BCUT2D eigenvalue weighted by molar-refractivity contribution is -0.123. The summed E-state index contributed by atoms with van der Waals surface area (Å²) in [5, 5.41) is 6.42. The first-order valence-corrected chi connectivity index (χ1v) is 8.00. The molecule has 0 radical (unpaired) electrons. The third-order valence-corrected chi connectivity index (χ3v) is 4.46. The van der Waals surface area contributed by atoms with Crippen LogP contribution in [-0.2, 0) is 11.2 Å². The number of benzene rings is 1. The highest BCUT2D eigenvalue weighted by Crippen LogP contribution is 2.27. The number of para-hydroxylation sites is 1. The van der Waals surface area contributed by atoms with Crippen molar-refractivity contribution in [2.45, 2.75) is 57.2 Å². The van der Waals surface area contributed by atoms with Crippen LogP contribution in [0.1, 0.15) is 38.2 Å². The van der Waals surface area contributed by atoms with Crippen molar-refractivity contribution in [2.24, 2.45) is 0 Å². The summed E-state index contributed by atoms with van der Waals surface area (Å²) in [5.74, 6) is 1.09. The number of rotatable bonds is 5. The molecule has 2 unspecified atom stereocenters. The highest BCUT2D eigenvalue weighted by Gasteiger charge is 2.24. The van der Waals surface area contributed by atoms with E-state index in [1.165, 1.54) is 18.4 Å². The number of hydrogen-bond donors (Lipinski definition) is 2. The second-order valence-corrected chi connectivity index (χ2v) is 6.17. The van der Waals surface area contributed by atoms with Crippen LogP contribution in [0.5, 0.6) is 5.75 Å². The lowest BCUT2D eigenvalue weighted by Crippen LogP contribution is -2.47. The average Bonchev–Trinajstić information content (AvgIpc) is 3.13. The van der Waals surface area contributed by atoms with Crippen molar-refractivity contribution in [1.82, 2.24) is 10.6 Å². The fourth-order valence-electron chi connectivity index (χ4n) is 3.17. The van der Waals surface area contributed by atoms with Crippen molar-refractivity contribution in [3.8, 4) is 5.75 Å². The number of amides is 1. The summed E-state index contributed by atoms with van der Waals surface area (Å²) in [6.07, 6.45) is 5.77. The molecule has 4 heteroatoms. The van der Waals surface area contributed by atoms with Gasteiger partial charge in [0.2, 0.25) is 5.91 Å². The van der Waals surface area contributed by atoms with Gasteiger partial charge in [0.1, 0.15) is 11.9 Å². The Kier molecular flexibility index (Phi) is 4.44. The summed E-state index contributed by atoms with van der Waals surface area (Å²) in [5.41, 5.74) is 1.26. The largest absolute Gasteiger partial charge is 0.488 e. The van der Waals surface area contributed by atoms with Gasteiger partial charge in [0.15, 0.2) is 0 Å². The van der Waals surface area contributed by atoms with Crippen LogP contribution in [0, 0.1) is 0 Å². The molecule has 2 aliphatic rings. The van der Waals surface area contributed by atoms with Crippen LogP contribution in [-0.4, -0.2) is 30.6 Å². The lowest BCUT2D eigenvalue weighted by Gasteiger charge is -2.19. The number of ether oxygens (including phenoxy) is 1. The maximum atomic E-state index is 12.1. The first-order chi connectivity index (χ1) is 10.2. The van der Waals surface area contributed by atoms with Gasteiger partial charge in [-0.15, -0.1) is 0 Å². The third-order valence-electron chi connectivity index (χ3n) is 4.46. The molecular weight excluding hydrogens is 264 g/mol. The second kappa shape index (κ2) is 6.48. The van der Waals surface area contributed by atoms with Gasteiger partial charge in [0, 0.05) is 19.0 Å². The molecule has 0 spiro atoms. The molecule has 4 nitrogen and oxygen atoms in total. The summed E-state index contributed by atoms with van der Waals surface area (Å²) in [6.45, 7) is 2.63. The Labute approximate surface area is 126 Å². The van der Waals surface area contributed by atoms with Crippen molar-refractivity contribution in [3.05, 3.63) is 29.8 Å². The first kappa shape index (κ1) is 14.4. The minimum absolute atomic E-state index is 0.109. The summed E-state index contributed by atoms with van der Waals surface area (Å²) in [4.78, 5) is 12.1. The number of hydrogen-bond acceptors (Lipinski definition) is 3. The minimum Gasteiger partial charge on any atom is -0.488 e. The number of carbonyl (C=O) groups excluding carboxylic acids is 1. The Morgan fingerprint density at radius 1 is 1.33 bits per heavy atom. The van der Waals surface area contributed by atoms with Crippen LogP contribution in [0.4, 0.5) is 0 Å². The van der Waals surface area contributed by atoms with Crippen molar-refractivity contribution in [2.75, 3.05) is 6.54 Å². The van der Waals surface area contributed by atoms with E-state index in [4.69, 9.17) is 4.74 Å². The molecule has 0 aromatic heterocycles. The molecule has 1 aromatic rings. The van der Waals surface area contributed by atoms with Crippen LogP contribution in [0.25, 0.3) is 0 Å². The molecule has 114 valence electrons. The molecule has 1 fully saturated rings. The van der Waals surface area contributed by atoms with Crippen LogP contribution in [0.2, 0.25) is 0 Å². The topological polar surface area (TPSA) is 50.4 Å². The van der Waals surface area contributed by atoms with Crippen LogP contribution < -0.4 is 15.4 Å². The van der Waals surface area contributed by atoms with E-state index in [0.717, 1.165) is 25.0 Å². The van der Waals surface area contributed by atoms with E-state index in [1.807, 2.05) is 25.1 Å². The number of nitrogens with one attached hydrogen (secondary N) is 2. The van der Waals surface area contributed by atoms with Gasteiger partial charge in [-0.3, -0.25) is 4.79 Å². The molecule has 1 aliphatic carbocycles. The summed E-state index contributed by atoms with van der Waals surface area (Å²) in [7, 11) is 0. The molecule has 1 aliphatic heterocycles. The maximum Gasteiger partial charge on any atom is 0.237 e. The molecule has 2 atom stereocenters. The van der Waals surface area contributed by atoms with Gasteiger partial charge in [-0.05, 0) is 31.4 Å². The molecule has 21 heavy (non-hydrogen) atoms. The smallest absolute Gasteiger partial charge is 0.237 e. The second-order valence-electron chi connectivity index (χ2n) is 6.17. The van der Waals surface area contributed by atoms with Gasteiger partial charge in [-0.2, -0.15) is 0 Å². The quantitative estimate of drug-likeness (QED) is 0.871. The molecule has 1 aromatic carbocycles. The maximum absolute atomic E-state index is 12.1. The molecular formula is C17H24N2O2. The summed E-state index contributed by atoms with van der Waals surface area (Å²) in [6, 6.07) is 8.35. The van der Waals surface area contributed by atoms with Gasteiger partial charge in [-0.25, -0.2) is 0 Å². The van der Waals surface area contributed by atoms with E-state index in [2.05, 4.69) is 16.7 Å². The van der Waals surface area contributed by atoms with Gasteiger partial charge < -0.3 is 15.4 Å². The van der Waals surface area contributed by atoms with E-state index in [-0.39, 0.29) is 18.1 Å². The summed E-state index contributed by atoms with van der Waals surface area (Å²) >= 11 is 0. The van der Waals surface area contributed by atoms with Crippen molar-refractivity contribution < 1.29 is 9.53 Å². The van der Waals surface area contributed by atoms with Crippen LogP contribution in [0.3, 0.4) is 0 Å². The van der Waals surface area contributed by atoms with Gasteiger partial charge in [-0.1, -0.05) is 31.0 Å². The average molecular weight is 288 g/mol. The number of fused-ring (bicyclic) bond motifs is 1. The Bertz CT molecular complexity index is 472. The lowest BCUT2D eigenvalue weighted by atomic mass is 10.1. The normalized spacial score (nSPS) is 22.6. The van der Waals surface area contributed by atoms with Crippen molar-refractivity contribution in [1.29, 1.82) is 0 Å². The van der Waals surface area contributed by atoms with Crippen LogP contribution in [0.15, 0.2) is 24.3 Å². The monoisotopic (exact) mass is 288 g/mol. The van der Waals surface area contributed by atoms with Crippen LogP contribution >= 0.6 is 0 Å². The zero-order valence-corrected chi connectivity index (χ0v) is 12.6. The van der Waals surface area contributed by atoms with E-state index in [0.29, 0.717) is 12.6 Å². The molecule has 1 amide bonds. The Balaban J connectivity index is 1.42. The zero-order valence-electron chi connectivity index (χ0n) is 12.6. The summed E-state index contributed by atoms with van der Waals surface area (Å²) < 4.78 is 5.88. The molecule has 1 heterocycles. The minimum atomic E-state index is -0.169. The van der Waals surface area contributed by atoms with Gasteiger partial charge >= 0.3 is 0 Å². The van der Waals surface area contributed by atoms with Gasteiger partial charge in [0.25, 0.3) is 0 Å². The molecule has 3 rings (SSSR count). The fourth-order valence-corrected chi connectivity index (χ4v) is 3.17. The van der Waals surface area contributed by atoms with E-state index in [1.54, 1.807) is 0 Å². The van der Waals surface area contributed by atoms with E-state index < -0.39 is 0 Å². The van der Waals surface area contributed by atoms with E-state index >= 15 is 0 Å². The van der Waals surface area contributed by atoms with E-state index in [9.17, 15) is 4.79 Å². The molecule has 0 bridgehead atoms. The molecule has 2 N–H and O–H groups in total. The number of carbonyl (C=O) groups is 1. The Morgan fingerprint density at radius 3 is 2.86 bits per heavy atom. The Morgan fingerprint density at radius 2 is 2.10 bits per heavy atom. The SMILES string of the molecule is CC(NCC1Cc2ccccc2O1)C(=O)NC1CCCC1. The standard InChI is InChI=1S/C17H24N2O2/c1-12(17(20)19-14-7-3-4-8-14)18-11-15-10-13-6-2-5-9-16(13)21-15/h2,5-6,9,12,14-15,18H,3-4,7-8,10-11H2,1H3,(H,19,20).